The smallest absolute Gasteiger partial charge is 0.271 e. The Balaban J connectivity index is 1.57. The van der Waals surface area contributed by atoms with Crippen molar-refractivity contribution in [1.82, 2.24) is 4.90 Å². The molecule has 24 heavy (non-hydrogen) atoms. The Bertz CT molecular complexity index is 730. The molecular formula is C17H18N4O2S. The molecule has 2 aromatic carbocycles. The van der Waals surface area contributed by atoms with E-state index in [1.165, 1.54) is 17.8 Å². The molecule has 3 rings (SSSR count). The number of nitrogens with zero attached hydrogens (tertiary/aromatic N) is 3. The van der Waals surface area contributed by atoms with Gasteiger partial charge >= 0.3 is 0 Å². The van der Waals surface area contributed by atoms with Gasteiger partial charge in [0.1, 0.15) is 0 Å². The van der Waals surface area contributed by atoms with Crippen LogP contribution in [0.1, 0.15) is 0 Å². The molecular weight excluding hydrogens is 324 g/mol. The number of rotatable bonds is 3. The molecule has 1 aliphatic heterocycles. The molecule has 1 N–H and O–H groups in total. The highest BCUT2D eigenvalue weighted by Gasteiger charge is 2.19. The summed E-state index contributed by atoms with van der Waals surface area (Å²) in [6, 6.07) is 16.7. The highest BCUT2D eigenvalue weighted by atomic mass is 32.1. The fraction of sp³-hybridized carbons (Fsp3) is 0.235. The number of nitro benzene ring substituents is 1. The van der Waals surface area contributed by atoms with Crippen molar-refractivity contribution in [3.63, 3.8) is 0 Å². The molecule has 1 aliphatic rings. The molecule has 0 radical (unpaired) electrons. The molecule has 124 valence electrons. The fourth-order valence-electron chi connectivity index (χ4n) is 2.71. The number of hydrogen-bond donors (Lipinski definition) is 1. The molecule has 0 atom stereocenters. The van der Waals surface area contributed by atoms with Gasteiger partial charge in [-0.15, -0.1) is 0 Å². The van der Waals surface area contributed by atoms with Gasteiger partial charge < -0.3 is 15.1 Å². The third kappa shape index (κ3) is 3.80. The molecule has 0 spiro atoms. The zero-order valence-electron chi connectivity index (χ0n) is 13.1. The minimum Gasteiger partial charge on any atom is -0.368 e. The van der Waals surface area contributed by atoms with Gasteiger partial charge in [-0.3, -0.25) is 10.1 Å². The highest BCUT2D eigenvalue weighted by Crippen LogP contribution is 2.19. The topological polar surface area (TPSA) is 61.7 Å². The van der Waals surface area contributed by atoms with Gasteiger partial charge in [-0.05, 0) is 30.4 Å². The van der Waals surface area contributed by atoms with Crippen LogP contribution in [0.4, 0.5) is 17.1 Å². The quantitative estimate of drug-likeness (QED) is 0.525. The average Bonchev–Trinajstić information content (AvgIpc) is 2.63. The SMILES string of the molecule is O=[N+]([O-])c1cccc(NC(=S)N2CCN(c3ccccc3)CC2)c1. The lowest BCUT2D eigenvalue weighted by Gasteiger charge is -2.37. The predicted octanol–water partition coefficient (Wildman–Crippen LogP) is 3.11. The first-order chi connectivity index (χ1) is 11.6. The highest BCUT2D eigenvalue weighted by molar-refractivity contribution is 7.80. The first-order valence-electron chi connectivity index (χ1n) is 7.74. The van der Waals surface area contributed by atoms with Crippen molar-refractivity contribution < 1.29 is 4.92 Å². The third-order valence-electron chi connectivity index (χ3n) is 4.00. The first-order valence-corrected chi connectivity index (χ1v) is 8.15. The largest absolute Gasteiger partial charge is 0.368 e. The molecule has 0 bridgehead atoms. The number of nitro groups is 1. The Morgan fingerprint density at radius 1 is 1.04 bits per heavy atom. The van der Waals surface area contributed by atoms with Crippen LogP contribution in [0.15, 0.2) is 54.6 Å². The van der Waals surface area contributed by atoms with Gasteiger partial charge in [-0.25, -0.2) is 0 Å². The molecule has 1 fully saturated rings. The van der Waals surface area contributed by atoms with E-state index in [2.05, 4.69) is 27.2 Å². The summed E-state index contributed by atoms with van der Waals surface area (Å²) in [5.41, 5.74) is 1.91. The number of thiocarbonyl (C=S) groups is 1. The van der Waals surface area contributed by atoms with Crippen molar-refractivity contribution in [3.8, 4) is 0 Å². The summed E-state index contributed by atoms with van der Waals surface area (Å²) in [4.78, 5) is 14.8. The summed E-state index contributed by atoms with van der Waals surface area (Å²) >= 11 is 5.45. The minimum absolute atomic E-state index is 0.0525. The van der Waals surface area contributed by atoms with Crippen LogP contribution in [-0.4, -0.2) is 41.1 Å². The molecule has 7 heteroatoms. The molecule has 1 saturated heterocycles. The van der Waals surface area contributed by atoms with E-state index in [9.17, 15) is 10.1 Å². The Morgan fingerprint density at radius 2 is 1.75 bits per heavy atom. The number of non-ortho nitro benzene ring substituents is 1. The maximum absolute atomic E-state index is 10.8. The standard InChI is InChI=1S/C17H18N4O2S/c22-21(23)16-8-4-5-14(13-16)18-17(24)20-11-9-19(10-12-20)15-6-2-1-3-7-15/h1-8,13H,9-12H2,(H,18,24). The van der Waals surface area contributed by atoms with Crippen LogP contribution in [0.5, 0.6) is 0 Å². The summed E-state index contributed by atoms with van der Waals surface area (Å²) in [6.45, 7) is 3.41. The Kier molecular flexibility index (Phi) is 4.90. The van der Waals surface area contributed by atoms with Gasteiger partial charge in [0.15, 0.2) is 5.11 Å². The molecule has 0 unspecified atom stereocenters. The monoisotopic (exact) mass is 342 g/mol. The van der Waals surface area contributed by atoms with Crippen LogP contribution in [0.2, 0.25) is 0 Å². The van der Waals surface area contributed by atoms with Gasteiger partial charge in [0.2, 0.25) is 0 Å². The van der Waals surface area contributed by atoms with E-state index < -0.39 is 4.92 Å². The normalized spacial score (nSPS) is 14.3. The molecule has 6 nitrogen and oxygen atoms in total. The van der Waals surface area contributed by atoms with E-state index >= 15 is 0 Å². The van der Waals surface area contributed by atoms with Crippen LogP contribution in [0, 0.1) is 10.1 Å². The maximum atomic E-state index is 10.8. The fourth-order valence-corrected chi connectivity index (χ4v) is 3.01. The lowest BCUT2D eigenvalue weighted by atomic mass is 10.2. The van der Waals surface area contributed by atoms with Crippen LogP contribution in [0.25, 0.3) is 0 Å². The second-order valence-corrected chi connectivity index (χ2v) is 5.93. The van der Waals surface area contributed by atoms with Gasteiger partial charge in [0.05, 0.1) is 4.92 Å². The number of piperazine rings is 1. The number of benzene rings is 2. The van der Waals surface area contributed by atoms with Gasteiger partial charge in [0.25, 0.3) is 5.69 Å². The summed E-state index contributed by atoms with van der Waals surface area (Å²) in [7, 11) is 0. The van der Waals surface area contributed by atoms with Gasteiger partial charge in [0, 0.05) is 49.7 Å². The summed E-state index contributed by atoms with van der Waals surface area (Å²) in [5, 5.41) is 14.5. The second-order valence-electron chi connectivity index (χ2n) is 5.55. The lowest BCUT2D eigenvalue weighted by molar-refractivity contribution is -0.384. The predicted molar refractivity (Wildman–Crippen MR) is 99.5 cm³/mol. The average molecular weight is 342 g/mol. The number of nitrogens with one attached hydrogen (secondary N) is 1. The van der Waals surface area contributed by atoms with Crippen LogP contribution < -0.4 is 10.2 Å². The maximum Gasteiger partial charge on any atom is 0.271 e. The number of anilines is 2. The number of hydrogen-bond acceptors (Lipinski definition) is 4. The Morgan fingerprint density at radius 3 is 2.42 bits per heavy atom. The van der Waals surface area contributed by atoms with Crippen molar-refractivity contribution in [2.24, 2.45) is 0 Å². The molecule has 0 saturated carbocycles. The van der Waals surface area contributed by atoms with E-state index in [4.69, 9.17) is 12.2 Å². The van der Waals surface area contributed by atoms with E-state index in [1.54, 1.807) is 12.1 Å². The van der Waals surface area contributed by atoms with E-state index in [0.29, 0.717) is 10.8 Å². The van der Waals surface area contributed by atoms with E-state index in [1.807, 2.05) is 18.2 Å². The minimum atomic E-state index is -0.410. The third-order valence-corrected chi connectivity index (χ3v) is 4.36. The van der Waals surface area contributed by atoms with Crippen LogP contribution in [-0.2, 0) is 0 Å². The first kappa shape index (κ1) is 16.2. The van der Waals surface area contributed by atoms with Gasteiger partial charge in [-0.1, -0.05) is 24.3 Å². The van der Waals surface area contributed by atoms with Crippen LogP contribution in [0.3, 0.4) is 0 Å². The lowest BCUT2D eigenvalue weighted by Crippen LogP contribution is -2.50. The van der Waals surface area contributed by atoms with Crippen molar-refractivity contribution in [2.45, 2.75) is 0 Å². The zero-order chi connectivity index (χ0) is 16.9. The summed E-state index contributed by atoms with van der Waals surface area (Å²) in [5.74, 6) is 0. The summed E-state index contributed by atoms with van der Waals surface area (Å²) in [6.07, 6.45) is 0. The van der Waals surface area contributed by atoms with Crippen molar-refractivity contribution >= 4 is 34.4 Å². The molecule has 0 aliphatic carbocycles. The van der Waals surface area contributed by atoms with Crippen molar-refractivity contribution in [2.75, 3.05) is 36.4 Å². The molecule has 2 aromatic rings. The second kappa shape index (κ2) is 7.27. The van der Waals surface area contributed by atoms with E-state index in [-0.39, 0.29) is 5.69 Å². The molecule has 0 amide bonds. The zero-order valence-corrected chi connectivity index (χ0v) is 13.9. The van der Waals surface area contributed by atoms with Crippen LogP contribution >= 0.6 is 12.2 Å². The Hall–Kier alpha value is -2.67. The Labute approximate surface area is 145 Å². The molecule has 1 heterocycles. The van der Waals surface area contributed by atoms with Gasteiger partial charge in [-0.2, -0.15) is 0 Å². The van der Waals surface area contributed by atoms with E-state index in [0.717, 1.165) is 26.2 Å². The van der Waals surface area contributed by atoms with Crippen molar-refractivity contribution in [3.05, 3.63) is 64.7 Å². The molecule has 0 aromatic heterocycles. The number of para-hydroxylation sites is 1. The van der Waals surface area contributed by atoms with Crippen molar-refractivity contribution in [1.29, 1.82) is 0 Å². The summed E-state index contributed by atoms with van der Waals surface area (Å²) < 4.78 is 0.